The van der Waals surface area contributed by atoms with Crippen LogP contribution in [0, 0.1) is 9.41 Å². The zero-order valence-electron chi connectivity index (χ0n) is 20.1. The topological polar surface area (TPSA) is 124 Å². The Hall–Kier alpha value is -1.99. The molecule has 1 aliphatic rings. The number of nitrogens with zero attached hydrogens (tertiary/aromatic N) is 1. The van der Waals surface area contributed by atoms with Crippen LogP contribution < -0.4 is 9.61 Å². The number of carbonyl (C=O) groups is 1. The van der Waals surface area contributed by atoms with Crippen LogP contribution in [0.3, 0.4) is 0 Å². The van der Waals surface area contributed by atoms with Gasteiger partial charge in [0.05, 0.1) is 12.7 Å². The Bertz CT molecular complexity index is 1220. The smallest absolute Gasteiger partial charge is 0.459 e. The molecule has 2 heterocycles. The summed E-state index contributed by atoms with van der Waals surface area (Å²) in [6.45, 7) is 5.46. The number of aromatic amines is 1. The summed E-state index contributed by atoms with van der Waals surface area (Å²) in [5.74, 6) is -0.484. The quantitative estimate of drug-likeness (QED) is 0.219. The van der Waals surface area contributed by atoms with Gasteiger partial charge in [0.25, 0.3) is 0 Å². The van der Waals surface area contributed by atoms with E-state index < -0.39 is 56.6 Å². The Morgan fingerprint density at radius 1 is 1.31 bits per heavy atom. The molecule has 0 amide bonds. The second-order valence-electron chi connectivity index (χ2n) is 8.71. The zero-order chi connectivity index (χ0) is 26.7. The minimum absolute atomic E-state index is 0.124. The van der Waals surface area contributed by atoms with Gasteiger partial charge in [-0.3, -0.25) is 13.9 Å². The molecule has 10 nitrogen and oxygen atoms in total. The predicted octanol–water partition coefficient (Wildman–Crippen LogP) is 4.40. The van der Waals surface area contributed by atoms with Gasteiger partial charge in [-0.25, -0.2) is 8.96 Å². The van der Waals surface area contributed by atoms with Crippen molar-refractivity contribution in [1.82, 2.24) is 14.6 Å². The van der Waals surface area contributed by atoms with E-state index in [1.54, 1.807) is 44.2 Å². The van der Waals surface area contributed by atoms with Crippen molar-refractivity contribution in [3.8, 4) is 5.75 Å². The molecule has 1 aromatic carbocycles. The number of nitrogens with one attached hydrogen (secondary N) is 2. The molecule has 1 aliphatic heterocycles. The van der Waals surface area contributed by atoms with E-state index in [1.165, 1.54) is 30.7 Å². The van der Waals surface area contributed by atoms with Crippen molar-refractivity contribution in [1.29, 1.82) is 0 Å². The monoisotopic (exact) mass is 561 g/mol. The first-order chi connectivity index (χ1) is 16.8. The van der Waals surface area contributed by atoms with Crippen molar-refractivity contribution in [2.45, 2.75) is 63.9 Å². The maximum Gasteiger partial charge on any atom is 0.459 e. The van der Waals surface area contributed by atoms with Crippen molar-refractivity contribution in [2.24, 2.45) is 0 Å². The van der Waals surface area contributed by atoms with Crippen LogP contribution in [0.1, 0.15) is 33.9 Å². The third kappa shape index (κ3) is 6.86. The van der Waals surface area contributed by atoms with Crippen molar-refractivity contribution >= 4 is 38.2 Å². The number of aromatic nitrogens is 2. The lowest BCUT2D eigenvalue weighted by Crippen LogP contribution is -2.42. The molecule has 14 heteroatoms. The van der Waals surface area contributed by atoms with Crippen molar-refractivity contribution in [3.63, 3.8) is 0 Å². The molecule has 36 heavy (non-hydrogen) atoms. The van der Waals surface area contributed by atoms with Crippen molar-refractivity contribution < 1.29 is 37.4 Å². The van der Waals surface area contributed by atoms with Crippen LogP contribution in [0.15, 0.2) is 42.6 Å². The molecule has 3 rings (SSSR count). The molecule has 0 bridgehead atoms. The Balaban J connectivity index is 1.80. The molecule has 0 aliphatic carbocycles. The van der Waals surface area contributed by atoms with E-state index in [9.17, 15) is 14.5 Å². The van der Waals surface area contributed by atoms with E-state index in [-0.39, 0.29) is 10.5 Å². The van der Waals surface area contributed by atoms with Gasteiger partial charge in [0.2, 0.25) is 0 Å². The first kappa shape index (κ1) is 28.6. The van der Waals surface area contributed by atoms with E-state index in [4.69, 9.17) is 43.0 Å². The van der Waals surface area contributed by atoms with Crippen molar-refractivity contribution in [2.75, 3.05) is 6.61 Å². The third-order valence-corrected chi connectivity index (χ3v) is 7.42. The molecule has 1 aromatic heterocycles. The molecule has 198 valence electrons. The summed E-state index contributed by atoms with van der Waals surface area (Å²) in [6.07, 6.45) is -3.43. The third-order valence-electron chi connectivity index (χ3n) is 5.23. The largest absolute Gasteiger partial charge is 0.462 e. The highest BCUT2D eigenvalue weighted by Gasteiger charge is 2.55. The zero-order valence-corrected chi connectivity index (χ0v) is 22.6. The fourth-order valence-corrected chi connectivity index (χ4v) is 5.46. The van der Waals surface area contributed by atoms with Gasteiger partial charge in [-0.05, 0) is 58.1 Å². The average Bonchev–Trinajstić information content (AvgIpc) is 3.01. The number of rotatable bonds is 10. The maximum atomic E-state index is 15.3. The fourth-order valence-electron chi connectivity index (χ4n) is 3.47. The number of hydrogen-bond acceptors (Lipinski definition) is 9. The molecule has 0 saturated carbocycles. The van der Waals surface area contributed by atoms with Gasteiger partial charge in [-0.15, -0.1) is 0 Å². The number of esters is 1. The Morgan fingerprint density at radius 2 is 1.97 bits per heavy atom. The normalized spacial score (nSPS) is 26.4. The summed E-state index contributed by atoms with van der Waals surface area (Å²) in [7, 11) is -4.25. The van der Waals surface area contributed by atoms with E-state index in [0.29, 0.717) is 4.64 Å². The summed E-state index contributed by atoms with van der Waals surface area (Å²) < 4.78 is 52.7. The fraction of sp³-hybridized carbons (Fsp3) is 0.500. The first-order valence-corrected chi connectivity index (χ1v) is 13.5. The minimum atomic E-state index is -4.25. The summed E-state index contributed by atoms with van der Waals surface area (Å²) >= 11 is 10.3. The van der Waals surface area contributed by atoms with Gasteiger partial charge in [0.1, 0.15) is 28.1 Å². The molecule has 2 unspecified atom stereocenters. The summed E-state index contributed by atoms with van der Waals surface area (Å²) in [6, 6.07) is 8.58. The van der Waals surface area contributed by atoms with Crippen LogP contribution in [0.4, 0.5) is 4.39 Å². The molecule has 1 saturated heterocycles. The number of ether oxygens (including phenoxy) is 2. The standard InChI is InChI=1S/C22H29FN3O7PS2/c1-13(2)31-19(27)14(3)25-34(29,33-15-8-6-5-7-9-15)30-12-16-18(23)22(4,28)20(32-16)26-11-10-17(35)24-21(26)36/h5-11,13-14,16,18,20,28H,12H2,1-4H3,(H,25,29)(H,24,35,36)/t14-,16+,18?,20+,22+,34?/m0/s1. The number of benzene rings is 1. The second kappa shape index (κ2) is 11.6. The van der Waals surface area contributed by atoms with Crippen LogP contribution in [0.5, 0.6) is 5.75 Å². The highest BCUT2D eigenvalue weighted by Crippen LogP contribution is 2.47. The Morgan fingerprint density at radius 3 is 2.58 bits per heavy atom. The minimum Gasteiger partial charge on any atom is -0.462 e. The van der Waals surface area contributed by atoms with E-state index in [1.807, 2.05) is 0 Å². The van der Waals surface area contributed by atoms with Gasteiger partial charge < -0.3 is 24.1 Å². The summed E-state index contributed by atoms with van der Waals surface area (Å²) in [5.41, 5.74) is -2.00. The number of H-pyrrole nitrogens is 1. The highest BCUT2D eigenvalue weighted by atomic mass is 32.1. The number of para-hydroxylation sites is 1. The van der Waals surface area contributed by atoms with Crippen molar-refractivity contribution in [3.05, 3.63) is 52.0 Å². The molecular formula is C22H29FN3O7PS2. The molecule has 3 N–H and O–H groups in total. The van der Waals surface area contributed by atoms with E-state index in [2.05, 4.69) is 10.1 Å². The Kier molecular flexibility index (Phi) is 9.20. The van der Waals surface area contributed by atoms with Gasteiger partial charge in [0.15, 0.2) is 17.2 Å². The number of hydrogen-bond donors (Lipinski definition) is 3. The second-order valence-corrected chi connectivity index (χ2v) is 11.2. The SMILES string of the molecule is CC(C)OC(=O)[C@H](C)NP(=O)(OC[C@H]1O[C@@H](n2ccc(=S)[nH]c2=S)[C@](C)(O)C1F)Oc1ccccc1. The molecule has 0 spiro atoms. The van der Waals surface area contributed by atoms with Crippen LogP contribution in [0.2, 0.25) is 0 Å². The lowest BCUT2D eigenvalue weighted by Gasteiger charge is -2.27. The Labute approximate surface area is 218 Å². The number of carbonyl (C=O) groups excluding carboxylic acids is 1. The predicted molar refractivity (Wildman–Crippen MR) is 134 cm³/mol. The molecule has 2 aromatic rings. The molecular weight excluding hydrogens is 532 g/mol. The van der Waals surface area contributed by atoms with Crippen LogP contribution >= 0.6 is 32.2 Å². The number of alkyl halides is 1. The van der Waals surface area contributed by atoms with Gasteiger partial charge in [-0.2, -0.15) is 5.09 Å². The number of aliphatic hydroxyl groups is 1. The highest BCUT2D eigenvalue weighted by molar-refractivity contribution is 7.72. The first-order valence-electron chi connectivity index (χ1n) is 11.1. The van der Waals surface area contributed by atoms with E-state index >= 15 is 4.39 Å². The maximum absolute atomic E-state index is 15.3. The average molecular weight is 562 g/mol. The van der Waals surface area contributed by atoms with Gasteiger partial charge in [-0.1, -0.05) is 30.4 Å². The number of halogens is 1. The van der Waals surface area contributed by atoms with Crippen LogP contribution in [-0.2, 0) is 23.4 Å². The molecule has 6 atom stereocenters. The van der Waals surface area contributed by atoms with Gasteiger partial charge in [0, 0.05) is 6.20 Å². The molecule has 0 radical (unpaired) electrons. The molecule has 1 fully saturated rings. The van der Waals surface area contributed by atoms with Crippen LogP contribution in [-0.4, -0.2) is 57.3 Å². The van der Waals surface area contributed by atoms with E-state index in [0.717, 1.165) is 0 Å². The summed E-state index contributed by atoms with van der Waals surface area (Å²) in [5, 5.41) is 13.4. The van der Waals surface area contributed by atoms with Gasteiger partial charge >= 0.3 is 13.7 Å². The lowest BCUT2D eigenvalue weighted by atomic mass is 9.98. The van der Waals surface area contributed by atoms with Crippen LogP contribution in [0.25, 0.3) is 0 Å². The summed E-state index contributed by atoms with van der Waals surface area (Å²) in [4.78, 5) is 15.0. The lowest BCUT2D eigenvalue weighted by molar-refractivity contribution is -0.149.